The Hall–Kier alpha value is -3.32. The molecule has 34 heavy (non-hydrogen) atoms. The number of halogens is 1. The minimum absolute atomic E-state index is 0.0219. The topological polar surface area (TPSA) is 70.5 Å². The van der Waals surface area contributed by atoms with Crippen molar-refractivity contribution in [2.24, 2.45) is 0 Å². The van der Waals surface area contributed by atoms with Gasteiger partial charge >= 0.3 is 0 Å². The minimum Gasteiger partial charge on any atom is -0.368 e. The summed E-state index contributed by atoms with van der Waals surface area (Å²) in [6.07, 6.45) is 2.75. The van der Waals surface area contributed by atoms with Crippen LogP contribution in [0.1, 0.15) is 33.7 Å². The molecule has 176 valence electrons. The first kappa shape index (κ1) is 22.5. The molecule has 0 atom stereocenters. The Morgan fingerprint density at radius 3 is 2.32 bits per heavy atom. The normalized spacial score (nSPS) is 15.4. The van der Waals surface area contributed by atoms with Gasteiger partial charge in [0.15, 0.2) is 5.69 Å². The van der Waals surface area contributed by atoms with E-state index in [9.17, 15) is 9.59 Å². The van der Waals surface area contributed by atoms with Gasteiger partial charge in [-0.15, -0.1) is 0 Å². The summed E-state index contributed by atoms with van der Waals surface area (Å²) >= 11 is 5.98. The van der Waals surface area contributed by atoms with Gasteiger partial charge in [0, 0.05) is 48.1 Å². The number of hydrogen-bond acceptors (Lipinski definition) is 4. The fraction of sp³-hybridized carbons (Fsp3) is 0.346. The molecule has 5 rings (SSSR count). The lowest BCUT2D eigenvalue weighted by Gasteiger charge is -2.36. The molecule has 1 aromatic heterocycles. The molecule has 1 aliphatic carbocycles. The predicted molar refractivity (Wildman–Crippen MR) is 133 cm³/mol. The summed E-state index contributed by atoms with van der Waals surface area (Å²) in [4.78, 5) is 29.8. The molecule has 2 aromatic carbocycles. The molecule has 8 heteroatoms. The van der Waals surface area contributed by atoms with Gasteiger partial charge in [0.25, 0.3) is 5.91 Å². The third-order valence-electron chi connectivity index (χ3n) is 6.65. The number of nitrogens with zero attached hydrogens (tertiary/aromatic N) is 4. The molecule has 0 radical (unpaired) electrons. The predicted octanol–water partition coefficient (Wildman–Crippen LogP) is 3.40. The zero-order chi connectivity index (χ0) is 23.7. The molecule has 3 aromatic rings. The van der Waals surface area contributed by atoms with Crippen LogP contribution in [0, 0.1) is 6.92 Å². The van der Waals surface area contributed by atoms with E-state index in [0.717, 1.165) is 55.0 Å². The van der Waals surface area contributed by atoms with Crippen LogP contribution >= 0.6 is 11.6 Å². The van der Waals surface area contributed by atoms with E-state index in [1.54, 1.807) is 0 Å². The molecule has 2 aliphatic rings. The van der Waals surface area contributed by atoms with Crippen molar-refractivity contribution in [3.63, 3.8) is 0 Å². The van der Waals surface area contributed by atoms with Gasteiger partial charge in [0.05, 0.1) is 12.2 Å². The number of hydrogen-bond donors (Lipinski definition) is 1. The molecular formula is C26H28ClN5O2. The summed E-state index contributed by atoms with van der Waals surface area (Å²) in [5.74, 6) is -0.351. The highest BCUT2D eigenvalue weighted by atomic mass is 35.5. The average Bonchev–Trinajstić information content (AvgIpc) is 3.47. The van der Waals surface area contributed by atoms with Crippen LogP contribution in [-0.2, 0) is 17.6 Å². The fourth-order valence-corrected chi connectivity index (χ4v) is 4.86. The number of carbonyl (C=O) groups is 2. The molecule has 1 N–H and O–H groups in total. The Labute approximate surface area is 204 Å². The van der Waals surface area contributed by atoms with Crippen molar-refractivity contribution < 1.29 is 9.59 Å². The van der Waals surface area contributed by atoms with Crippen LogP contribution in [0.5, 0.6) is 0 Å². The zero-order valence-corrected chi connectivity index (χ0v) is 20.0. The summed E-state index contributed by atoms with van der Waals surface area (Å²) < 4.78 is 1.88. The summed E-state index contributed by atoms with van der Waals surface area (Å²) in [5.41, 5.74) is 5.77. The number of benzene rings is 2. The molecule has 1 saturated heterocycles. The van der Waals surface area contributed by atoms with Gasteiger partial charge in [-0.3, -0.25) is 9.59 Å². The van der Waals surface area contributed by atoms with Crippen LogP contribution in [0.15, 0.2) is 48.5 Å². The monoisotopic (exact) mass is 477 g/mol. The maximum atomic E-state index is 13.0. The third kappa shape index (κ3) is 4.53. The van der Waals surface area contributed by atoms with Crippen molar-refractivity contribution in [3.8, 4) is 5.69 Å². The smallest absolute Gasteiger partial charge is 0.272 e. The van der Waals surface area contributed by atoms with Gasteiger partial charge in [0.2, 0.25) is 5.91 Å². The summed E-state index contributed by atoms with van der Waals surface area (Å²) in [6, 6.07) is 15.9. The van der Waals surface area contributed by atoms with E-state index >= 15 is 0 Å². The molecule has 2 heterocycles. The van der Waals surface area contributed by atoms with Crippen LogP contribution in [0.2, 0.25) is 5.02 Å². The van der Waals surface area contributed by atoms with Crippen molar-refractivity contribution in [2.75, 3.05) is 37.6 Å². The zero-order valence-electron chi connectivity index (χ0n) is 19.3. The van der Waals surface area contributed by atoms with E-state index in [-0.39, 0.29) is 18.4 Å². The highest BCUT2D eigenvalue weighted by Crippen LogP contribution is 2.28. The summed E-state index contributed by atoms with van der Waals surface area (Å²) in [6.45, 7) is 4.76. The molecule has 0 unspecified atom stereocenters. The van der Waals surface area contributed by atoms with E-state index in [1.807, 2.05) is 65.0 Å². The third-order valence-corrected chi connectivity index (χ3v) is 6.90. The van der Waals surface area contributed by atoms with Crippen molar-refractivity contribution in [1.82, 2.24) is 20.0 Å². The van der Waals surface area contributed by atoms with Gasteiger partial charge in [-0.25, -0.2) is 4.68 Å². The van der Waals surface area contributed by atoms with Crippen molar-refractivity contribution in [2.45, 2.75) is 26.2 Å². The van der Waals surface area contributed by atoms with Gasteiger partial charge in [-0.2, -0.15) is 5.10 Å². The lowest BCUT2D eigenvalue weighted by molar-refractivity contribution is -0.130. The van der Waals surface area contributed by atoms with Gasteiger partial charge < -0.3 is 15.1 Å². The Kier molecular flexibility index (Phi) is 6.28. The minimum atomic E-state index is -0.280. The number of anilines is 1. The Bertz CT molecular complexity index is 1200. The molecular weight excluding hydrogens is 450 g/mol. The number of piperazine rings is 1. The summed E-state index contributed by atoms with van der Waals surface area (Å²) in [5, 5.41) is 8.16. The fourth-order valence-electron chi connectivity index (χ4n) is 4.74. The lowest BCUT2D eigenvalue weighted by Crippen LogP contribution is -2.51. The van der Waals surface area contributed by atoms with Gasteiger partial charge in [0.1, 0.15) is 0 Å². The number of aryl methyl sites for hydroxylation is 1. The lowest BCUT2D eigenvalue weighted by atomic mass is 10.2. The standard InChI is InChI=1S/C26H28ClN5O2/c1-18-5-9-21(10-6-18)32-23-4-2-3-22(23)25(29-32)26(34)28-17-24(33)31-15-13-30(14-16-31)20-11-7-19(27)8-12-20/h5-12H,2-4,13-17H2,1H3,(H,28,34). The van der Waals surface area contributed by atoms with Crippen LogP contribution in [-0.4, -0.2) is 59.2 Å². The van der Waals surface area contributed by atoms with Crippen LogP contribution in [0.25, 0.3) is 5.69 Å². The Balaban J connectivity index is 1.20. The molecule has 7 nitrogen and oxygen atoms in total. The van der Waals surface area contributed by atoms with Crippen LogP contribution < -0.4 is 10.2 Å². The maximum absolute atomic E-state index is 13.0. The van der Waals surface area contributed by atoms with E-state index in [4.69, 9.17) is 11.6 Å². The highest BCUT2D eigenvalue weighted by Gasteiger charge is 2.28. The number of aromatic nitrogens is 2. The second kappa shape index (κ2) is 9.50. The van der Waals surface area contributed by atoms with E-state index in [1.165, 1.54) is 5.56 Å². The highest BCUT2D eigenvalue weighted by molar-refractivity contribution is 6.30. The van der Waals surface area contributed by atoms with E-state index in [0.29, 0.717) is 23.8 Å². The number of nitrogens with one attached hydrogen (secondary N) is 1. The van der Waals surface area contributed by atoms with Crippen LogP contribution in [0.4, 0.5) is 5.69 Å². The van der Waals surface area contributed by atoms with Crippen LogP contribution in [0.3, 0.4) is 0 Å². The van der Waals surface area contributed by atoms with E-state index < -0.39 is 0 Å². The molecule has 0 bridgehead atoms. The Morgan fingerprint density at radius 1 is 0.941 bits per heavy atom. The SMILES string of the molecule is Cc1ccc(-n2nc(C(=O)NCC(=O)N3CCN(c4ccc(Cl)cc4)CC3)c3c2CCC3)cc1. The summed E-state index contributed by atoms with van der Waals surface area (Å²) in [7, 11) is 0. The number of fused-ring (bicyclic) bond motifs is 1. The van der Waals surface area contributed by atoms with Gasteiger partial charge in [-0.05, 0) is 62.6 Å². The number of carbonyl (C=O) groups excluding carboxylic acids is 2. The Morgan fingerprint density at radius 2 is 1.62 bits per heavy atom. The first-order chi connectivity index (χ1) is 16.5. The first-order valence-electron chi connectivity index (χ1n) is 11.7. The maximum Gasteiger partial charge on any atom is 0.272 e. The second-order valence-corrected chi connectivity index (χ2v) is 9.34. The molecule has 1 fully saturated rings. The quantitative estimate of drug-likeness (QED) is 0.611. The second-order valence-electron chi connectivity index (χ2n) is 8.90. The largest absolute Gasteiger partial charge is 0.368 e. The molecule has 0 saturated carbocycles. The number of rotatable bonds is 5. The average molecular weight is 478 g/mol. The number of amides is 2. The van der Waals surface area contributed by atoms with Crippen molar-refractivity contribution in [3.05, 3.63) is 76.1 Å². The van der Waals surface area contributed by atoms with E-state index in [2.05, 4.69) is 15.3 Å². The molecule has 2 amide bonds. The first-order valence-corrected chi connectivity index (χ1v) is 12.1. The van der Waals surface area contributed by atoms with Crippen molar-refractivity contribution >= 4 is 29.1 Å². The molecule has 1 aliphatic heterocycles. The van der Waals surface area contributed by atoms with Crippen molar-refractivity contribution in [1.29, 1.82) is 0 Å². The van der Waals surface area contributed by atoms with Gasteiger partial charge in [-0.1, -0.05) is 29.3 Å². The molecule has 0 spiro atoms.